The third-order valence-corrected chi connectivity index (χ3v) is 8.06. The van der Waals surface area contributed by atoms with Gasteiger partial charge in [0.25, 0.3) is 0 Å². The molecule has 0 fully saturated rings. The Hall–Kier alpha value is -3.66. The van der Waals surface area contributed by atoms with Gasteiger partial charge in [-0.2, -0.15) is 0 Å². The number of hydrogen-bond acceptors (Lipinski definition) is 8. The van der Waals surface area contributed by atoms with Crippen LogP contribution in [0.2, 0.25) is 0 Å². The number of nitrogens with zero attached hydrogens (tertiary/aromatic N) is 1. The molecule has 2 atom stereocenters. The Morgan fingerprint density at radius 3 is 1.95 bits per heavy atom. The van der Waals surface area contributed by atoms with Gasteiger partial charge in [0.1, 0.15) is 6.04 Å². The van der Waals surface area contributed by atoms with Crippen molar-refractivity contribution in [2.24, 2.45) is 0 Å². The van der Waals surface area contributed by atoms with Crippen molar-refractivity contribution in [3.05, 3.63) is 41.0 Å². The van der Waals surface area contributed by atoms with E-state index in [1.165, 1.54) is 5.56 Å². The van der Waals surface area contributed by atoms with Crippen LogP contribution in [0.5, 0.6) is 28.7 Å². The summed E-state index contributed by atoms with van der Waals surface area (Å²) in [6.45, 7) is 1.98. The van der Waals surface area contributed by atoms with Crippen LogP contribution in [0.15, 0.2) is 24.3 Å². The summed E-state index contributed by atoms with van der Waals surface area (Å²) in [4.78, 5) is 22.9. The van der Waals surface area contributed by atoms with E-state index in [0.717, 1.165) is 43.5 Å². The zero-order valence-electron chi connectivity index (χ0n) is 25.8. The lowest BCUT2D eigenvalue weighted by Crippen LogP contribution is -2.52. The van der Waals surface area contributed by atoms with Gasteiger partial charge in [0.05, 0.1) is 62.3 Å². The minimum atomic E-state index is -0.783. The normalized spacial score (nSPS) is 17.6. The lowest BCUT2D eigenvalue weighted by molar-refractivity contribution is -0.935. The summed E-state index contributed by atoms with van der Waals surface area (Å²) < 4.78 is 34.5. The van der Waals surface area contributed by atoms with Crippen molar-refractivity contribution in [3.63, 3.8) is 0 Å². The number of unbranched alkanes of at least 4 members (excludes halogenated alkanes) is 3. The number of aliphatic carboxylic acids is 1. The highest BCUT2D eigenvalue weighted by Gasteiger charge is 2.41. The number of esters is 1. The van der Waals surface area contributed by atoms with Crippen LogP contribution < -0.4 is 23.7 Å². The fraction of sp³-hybridized carbons (Fsp3) is 0.562. The summed E-state index contributed by atoms with van der Waals surface area (Å²) in [5.41, 5.74) is 3.34. The second-order valence-electron chi connectivity index (χ2n) is 10.8. The van der Waals surface area contributed by atoms with Crippen LogP contribution in [-0.2, 0) is 20.7 Å². The summed E-state index contributed by atoms with van der Waals surface area (Å²) >= 11 is 0. The minimum absolute atomic E-state index is 0.0798. The number of hydrogen-bond donors (Lipinski definition) is 1. The summed E-state index contributed by atoms with van der Waals surface area (Å²) in [7, 11) is 10.3. The van der Waals surface area contributed by atoms with Crippen LogP contribution in [0, 0.1) is 0 Å². The van der Waals surface area contributed by atoms with Crippen LogP contribution in [0.3, 0.4) is 0 Å². The Balaban J connectivity index is 1.80. The number of carbonyl (C=O) groups excluding carboxylic acids is 1. The summed E-state index contributed by atoms with van der Waals surface area (Å²) in [6, 6.07) is 8.05. The fourth-order valence-corrected chi connectivity index (χ4v) is 5.87. The Morgan fingerprint density at radius 1 is 0.786 bits per heavy atom. The number of carboxylic acid groups (broad SMARTS) is 1. The van der Waals surface area contributed by atoms with Crippen LogP contribution in [-0.4, -0.2) is 83.8 Å². The zero-order chi connectivity index (χ0) is 30.7. The van der Waals surface area contributed by atoms with Crippen molar-refractivity contribution in [1.82, 2.24) is 0 Å². The first-order valence-corrected chi connectivity index (χ1v) is 14.5. The minimum Gasteiger partial charge on any atom is -0.493 e. The van der Waals surface area contributed by atoms with E-state index < -0.39 is 5.97 Å². The Labute approximate surface area is 249 Å². The molecule has 2 aromatic rings. The number of fused-ring (bicyclic) bond motifs is 1. The highest BCUT2D eigenvalue weighted by Crippen LogP contribution is 2.48. The van der Waals surface area contributed by atoms with Gasteiger partial charge < -0.3 is 38.0 Å². The molecule has 10 nitrogen and oxygen atoms in total. The van der Waals surface area contributed by atoms with E-state index >= 15 is 0 Å². The number of carboxylic acids is 1. The smallest absolute Gasteiger partial charge is 0.305 e. The molecule has 0 saturated heterocycles. The predicted octanol–water partition coefficient (Wildman–Crippen LogP) is 5.18. The Bertz CT molecular complexity index is 1190. The van der Waals surface area contributed by atoms with E-state index in [0.29, 0.717) is 65.5 Å². The van der Waals surface area contributed by atoms with Gasteiger partial charge in [-0.25, -0.2) is 0 Å². The summed E-state index contributed by atoms with van der Waals surface area (Å²) in [5, 5.41) is 8.73. The largest absolute Gasteiger partial charge is 0.493 e. The number of quaternary nitrogens is 1. The van der Waals surface area contributed by atoms with Crippen molar-refractivity contribution in [2.45, 2.75) is 57.4 Å². The Morgan fingerprint density at radius 2 is 1.38 bits per heavy atom. The molecular formula is C32H46NO9+. The summed E-state index contributed by atoms with van der Waals surface area (Å²) in [6.07, 6.45) is 5.04. The van der Waals surface area contributed by atoms with Crippen molar-refractivity contribution in [2.75, 3.05) is 62.3 Å². The summed E-state index contributed by atoms with van der Waals surface area (Å²) in [5.74, 6) is 2.08. The molecule has 0 unspecified atom stereocenters. The molecule has 0 radical (unpaired) electrons. The number of benzene rings is 2. The first kappa shape index (κ1) is 32.8. The molecule has 1 aliphatic heterocycles. The highest BCUT2D eigenvalue weighted by molar-refractivity contribution is 5.69. The van der Waals surface area contributed by atoms with E-state index in [1.54, 1.807) is 35.5 Å². The molecule has 1 heterocycles. The van der Waals surface area contributed by atoms with Crippen LogP contribution in [0.1, 0.15) is 67.7 Å². The number of methoxy groups -OCH3 is 5. The SMILES string of the molecule is COc1cc2c(cc1OC)[C@H](c1cc(OC)c(OC)c(OC)c1)[N@@+](C)(CCCOC(=O)CCCCCCC(=O)O)CC2. The average molecular weight is 589 g/mol. The van der Waals surface area contributed by atoms with Gasteiger partial charge in [0.2, 0.25) is 5.75 Å². The molecule has 232 valence electrons. The predicted molar refractivity (Wildman–Crippen MR) is 158 cm³/mol. The molecule has 10 heteroatoms. The van der Waals surface area contributed by atoms with Crippen LogP contribution in [0.4, 0.5) is 0 Å². The molecule has 3 rings (SSSR count). The molecule has 0 aromatic heterocycles. The molecule has 0 spiro atoms. The standard InChI is InChI=1S/C32H45NO9/c1-33(15-11-17-42-30(36)13-10-8-7-9-12-29(34)35)16-14-22-18-25(37-2)26(38-3)21-24(22)31(33)23-19-27(39-4)32(41-6)28(20-23)40-5/h18-21,31H,7-17H2,1-6H3/p+1/t31-,33-/m0/s1. The van der Waals surface area contributed by atoms with Crippen molar-refractivity contribution in [3.8, 4) is 28.7 Å². The van der Waals surface area contributed by atoms with E-state index in [-0.39, 0.29) is 18.4 Å². The molecule has 42 heavy (non-hydrogen) atoms. The van der Waals surface area contributed by atoms with Crippen LogP contribution in [0.25, 0.3) is 0 Å². The van der Waals surface area contributed by atoms with E-state index in [4.69, 9.17) is 33.5 Å². The molecule has 0 saturated carbocycles. The van der Waals surface area contributed by atoms with Crippen LogP contribution >= 0.6 is 0 Å². The van der Waals surface area contributed by atoms with E-state index in [9.17, 15) is 9.59 Å². The molecule has 0 bridgehead atoms. The van der Waals surface area contributed by atoms with Gasteiger partial charge in [-0.15, -0.1) is 0 Å². The first-order chi connectivity index (χ1) is 20.2. The Kier molecular flexibility index (Phi) is 12.2. The average Bonchev–Trinajstić information content (AvgIpc) is 2.99. The number of likely N-dealkylation sites (N-methyl/N-ethyl adjacent to an activating group) is 1. The number of rotatable bonds is 17. The van der Waals surface area contributed by atoms with E-state index in [2.05, 4.69) is 19.2 Å². The number of carbonyl (C=O) groups is 2. The molecule has 1 aliphatic rings. The monoisotopic (exact) mass is 588 g/mol. The zero-order valence-corrected chi connectivity index (χ0v) is 25.8. The maximum atomic E-state index is 12.3. The topological polar surface area (TPSA) is 110 Å². The number of ether oxygens (including phenoxy) is 6. The van der Waals surface area contributed by atoms with Gasteiger partial charge in [-0.05, 0) is 42.7 Å². The molecular weight excluding hydrogens is 542 g/mol. The maximum absolute atomic E-state index is 12.3. The lowest BCUT2D eigenvalue weighted by atomic mass is 9.85. The van der Waals surface area contributed by atoms with Gasteiger partial charge in [0, 0.05) is 36.8 Å². The van der Waals surface area contributed by atoms with Gasteiger partial charge in [0.15, 0.2) is 23.0 Å². The van der Waals surface area contributed by atoms with Gasteiger partial charge in [-0.3, -0.25) is 9.59 Å². The van der Waals surface area contributed by atoms with Crippen molar-refractivity contribution in [1.29, 1.82) is 0 Å². The second-order valence-corrected chi connectivity index (χ2v) is 10.8. The third kappa shape index (κ3) is 8.00. The molecule has 0 aliphatic carbocycles. The lowest BCUT2D eigenvalue weighted by Gasteiger charge is -2.46. The van der Waals surface area contributed by atoms with Gasteiger partial charge >= 0.3 is 11.9 Å². The molecule has 2 aromatic carbocycles. The van der Waals surface area contributed by atoms with Crippen molar-refractivity contribution >= 4 is 11.9 Å². The quantitative estimate of drug-likeness (QED) is 0.152. The first-order valence-electron chi connectivity index (χ1n) is 14.5. The third-order valence-electron chi connectivity index (χ3n) is 8.06. The molecule has 0 amide bonds. The van der Waals surface area contributed by atoms with Crippen molar-refractivity contribution < 1.29 is 47.6 Å². The highest BCUT2D eigenvalue weighted by atomic mass is 16.5. The maximum Gasteiger partial charge on any atom is 0.305 e. The fourth-order valence-electron chi connectivity index (χ4n) is 5.87. The second kappa shape index (κ2) is 15.5. The molecule has 1 N–H and O–H groups in total. The van der Waals surface area contributed by atoms with E-state index in [1.807, 2.05) is 12.1 Å². The van der Waals surface area contributed by atoms with Gasteiger partial charge in [-0.1, -0.05) is 12.8 Å².